The first-order valence-corrected chi connectivity index (χ1v) is 6.11. The van der Waals surface area contributed by atoms with Crippen LogP contribution in [-0.2, 0) is 13.0 Å². The van der Waals surface area contributed by atoms with Crippen LogP contribution in [0, 0.1) is 6.92 Å². The second-order valence-corrected chi connectivity index (χ2v) is 4.29. The van der Waals surface area contributed by atoms with Crippen molar-refractivity contribution in [3.63, 3.8) is 0 Å². The molecule has 94 valence electrons. The SMILES string of the molecule is CCc1ccc(C(=O)NCc2ccc(C)cc2)o1. The van der Waals surface area contributed by atoms with Crippen LogP contribution in [0.1, 0.15) is 34.4 Å². The molecule has 0 saturated heterocycles. The van der Waals surface area contributed by atoms with Crippen LogP contribution in [0.4, 0.5) is 0 Å². The summed E-state index contributed by atoms with van der Waals surface area (Å²) in [5, 5.41) is 2.84. The molecule has 18 heavy (non-hydrogen) atoms. The summed E-state index contributed by atoms with van der Waals surface area (Å²) in [7, 11) is 0. The molecular weight excluding hydrogens is 226 g/mol. The third-order valence-electron chi connectivity index (χ3n) is 2.81. The first kappa shape index (κ1) is 12.4. The summed E-state index contributed by atoms with van der Waals surface area (Å²) < 4.78 is 5.39. The zero-order valence-electron chi connectivity index (χ0n) is 10.7. The van der Waals surface area contributed by atoms with Crippen LogP contribution in [0.3, 0.4) is 0 Å². The Bertz CT molecular complexity index is 526. The van der Waals surface area contributed by atoms with Crippen molar-refractivity contribution in [2.75, 3.05) is 0 Å². The summed E-state index contributed by atoms with van der Waals surface area (Å²) in [4.78, 5) is 11.8. The van der Waals surface area contributed by atoms with Gasteiger partial charge in [0.1, 0.15) is 5.76 Å². The van der Waals surface area contributed by atoms with Gasteiger partial charge < -0.3 is 9.73 Å². The molecule has 3 heteroatoms. The molecule has 0 atom stereocenters. The van der Waals surface area contributed by atoms with Crippen molar-refractivity contribution >= 4 is 5.91 Å². The Morgan fingerprint density at radius 1 is 1.17 bits per heavy atom. The Kier molecular flexibility index (Phi) is 3.82. The van der Waals surface area contributed by atoms with Crippen LogP contribution in [-0.4, -0.2) is 5.91 Å². The number of hydrogen-bond acceptors (Lipinski definition) is 2. The Hall–Kier alpha value is -2.03. The number of rotatable bonds is 4. The van der Waals surface area contributed by atoms with E-state index in [0.29, 0.717) is 12.3 Å². The summed E-state index contributed by atoms with van der Waals surface area (Å²) >= 11 is 0. The number of amides is 1. The molecule has 0 unspecified atom stereocenters. The smallest absolute Gasteiger partial charge is 0.287 e. The zero-order chi connectivity index (χ0) is 13.0. The topological polar surface area (TPSA) is 42.2 Å². The van der Waals surface area contributed by atoms with Crippen molar-refractivity contribution in [3.8, 4) is 0 Å². The Balaban J connectivity index is 1.93. The van der Waals surface area contributed by atoms with E-state index in [4.69, 9.17) is 4.42 Å². The minimum atomic E-state index is -0.171. The van der Waals surface area contributed by atoms with Gasteiger partial charge in [-0.05, 0) is 24.6 Å². The largest absolute Gasteiger partial charge is 0.456 e. The molecule has 2 rings (SSSR count). The van der Waals surface area contributed by atoms with E-state index in [1.807, 2.05) is 44.2 Å². The number of hydrogen-bond donors (Lipinski definition) is 1. The maximum absolute atomic E-state index is 11.8. The lowest BCUT2D eigenvalue weighted by atomic mass is 10.1. The molecule has 0 aliphatic carbocycles. The normalized spacial score (nSPS) is 10.3. The Morgan fingerprint density at radius 3 is 2.50 bits per heavy atom. The quantitative estimate of drug-likeness (QED) is 0.896. The molecule has 0 bridgehead atoms. The number of carbonyl (C=O) groups is 1. The zero-order valence-corrected chi connectivity index (χ0v) is 10.7. The van der Waals surface area contributed by atoms with Crippen LogP contribution in [0.2, 0.25) is 0 Å². The van der Waals surface area contributed by atoms with E-state index in [2.05, 4.69) is 5.32 Å². The van der Waals surface area contributed by atoms with Crippen molar-refractivity contribution in [2.24, 2.45) is 0 Å². The molecule has 1 N–H and O–H groups in total. The van der Waals surface area contributed by atoms with Gasteiger partial charge in [0.25, 0.3) is 5.91 Å². The van der Waals surface area contributed by atoms with E-state index in [1.165, 1.54) is 5.56 Å². The highest BCUT2D eigenvalue weighted by atomic mass is 16.3. The number of furan rings is 1. The van der Waals surface area contributed by atoms with Crippen LogP contribution in [0.25, 0.3) is 0 Å². The van der Waals surface area contributed by atoms with Crippen molar-refractivity contribution < 1.29 is 9.21 Å². The fourth-order valence-electron chi connectivity index (χ4n) is 1.67. The van der Waals surface area contributed by atoms with E-state index >= 15 is 0 Å². The maximum Gasteiger partial charge on any atom is 0.287 e. The van der Waals surface area contributed by atoms with Gasteiger partial charge in [-0.25, -0.2) is 0 Å². The molecule has 3 nitrogen and oxygen atoms in total. The molecule has 2 aromatic rings. The van der Waals surface area contributed by atoms with Crippen molar-refractivity contribution in [3.05, 3.63) is 59.0 Å². The summed E-state index contributed by atoms with van der Waals surface area (Å²) in [6.45, 7) is 4.55. The molecule has 0 aliphatic heterocycles. The molecule has 1 aromatic heterocycles. The summed E-state index contributed by atoms with van der Waals surface area (Å²) in [6.07, 6.45) is 0.797. The highest BCUT2D eigenvalue weighted by molar-refractivity contribution is 5.91. The van der Waals surface area contributed by atoms with Crippen LogP contribution < -0.4 is 5.32 Å². The predicted molar refractivity (Wildman–Crippen MR) is 70.4 cm³/mol. The second-order valence-electron chi connectivity index (χ2n) is 4.29. The summed E-state index contributed by atoms with van der Waals surface area (Å²) in [5.41, 5.74) is 2.29. The minimum absolute atomic E-state index is 0.171. The van der Waals surface area contributed by atoms with E-state index in [9.17, 15) is 4.79 Å². The molecule has 1 aromatic carbocycles. The summed E-state index contributed by atoms with van der Waals surface area (Å²) in [5.74, 6) is 1.03. The Morgan fingerprint density at radius 2 is 1.89 bits per heavy atom. The van der Waals surface area contributed by atoms with Gasteiger partial charge in [0, 0.05) is 13.0 Å². The maximum atomic E-state index is 11.8. The number of aryl methyl sites for hydroxylation is 2. The van der Waals surface area contributed by atoms with Crippen LogP contribution in [0.5, 0.6) is 0 Å². The standard InChI is InChI=1S/C15H17NO2/c1-3-13-8-9-14(18-13)15(17)16-10-12-6-4-11(2)5-7-12/h4-9H,3,10H2,1-2H3,(H,16,17). The minimum Gasteiger partial charge on any atom is -0.456 e. The third-order valence-corrected chi connectivity index (χ3v) is 2.81. The van der Waals surface area contributed by atoms with E-state index < -0.39 is 0 Å². The van der Waals surface area contributed by atoms with Crippen molar-refractivity contribution in [1.29, 1.82) is 0 Å². The van der Waals surface area contributed by atoms with Crippen LogP contribution >= 0.6 is 0 Å². The van der Waals surface area contributed by atoms with Gasteiger partial charge in [-0.2, -0.15) is 0 Å². The number of carbonyl (C=O) groups excluding carboxylic acids is 1. The third kappa shape index (κ3) is 3.00. The molecule has 0 aliphatic rings. The van der Waals surface area contributed by atoms with Gasteiger partial charge in [0.2, 0.25) is 0 Å². The first-order valence-electron chi connectivity index (χ1n) is 6.11. The van der Waals surface area contributed by atoms with E-state index in [1.54, 1.807) is 6.07 Å². The molecule has 0 saturated carbocycles. The van der Waals surface area contributed by atoms with Crippen LogP contribution in [0.15, 0.2) is 40.8 Å². The van der Waals surface area contributed by atoms with Gasteiger partial charge in [0.05, 0.1) is 0 Å². The van der Waals surface area contributed by atoms with E-state index in [-0.39, 0.29) is 5.91 Å². The average Bonchev–Trinajstić information content (AvgIpc) is 2.86. The van der Waals surface area contributed by atoms with Crippen molar-refractivity contribution in [1.82, 2.24) is 5.32 Å². The molecule has 0 spiro atoms. The molecule has 0 radical (unpaired) electrons. The molecule has 1 heterocycles. The van der Waals surface area contributed by atoms with Gasteiger partial charge in [0.15, 0.2) is 5.76 Å². The second kappa shape index (κ2) is 5.54. The fourth-order valence-corrected chi connectivity index (χ4v) is 1.67. The monoisotopic (exact) mass is 243 g/mol. The van der Waals surface area contributed by atoms with E-state index in [0.717, 1.165) is 17.7 Å². The summed E-state index contributed by atoms with van der Waals surface area (Å²) in [6, 6.07) is 11.6. The average molecular weight is 243 g/mol. The van der Waals surface area contributed by atoms with Gasteiger partial charge in [-0.3, -0.25) is 4.79 Å². The number of nitrogens with one attached hydrogen (secondary N) is 1. The fraction of sp³-hybridized carbons (Fsp3) is 0.267. The molecular formula is C15H17NO2. The predicted octanol–water partition coefficient (Wildman–Crippen LogP) is 3.08. The highest BCUT2D eigenvalue weighted by Gasteiger charge is 2.09. The highest BCUT2D eigenvalue weighted by Crippen LogP contribution is 2.09. The molecule has 0 fully saturated rings. The lowest BCUT2D eigenvalue weighted by Crippen LogP contribution is -2.22. The lowest BCUT2D eigenvalue weighted by Gasteiger charge is -2.03. The van der Waals surface area contributed by atoms with Gasteiger partial charge >= 0.3 is 0 Å². The van der Waals surface area contributed by atoms with Gasteiger partial charge in [-0.1, -0.05) is 36.8 Å². The van der Waals surface area contributed by atoms with Gasteiger partial charge in [-0.15, -0.1) is 0 Å². The molecule has 1 amide bonds. The lowest BCUT2D eigenvalue weighted by molar-refractivity contribution is 0.0921. The Labute approximate surface area is 107 Å². The number of benzene rings is 1. The first-order chi connectivity index (χ1) is 8.69. The van der Waals surface area contributed by atoms with Crippen molar-refractivity contribution in [2.45, 2.75) is 26.8 Å².